The van der Waals surface area contributed by atoms with Crippen molar-refractivity contribution in [1.29, 1.82) is 0 Å². The summed E-state index contributed by atoms with van der Waals surface area (Å²) in [6.45, 7) is 3.87. The van der Waals surface area contributed by atoms with Crippen LogP contribution in [-0.2, 0) is 11.2 Å². The van der Waals surface area contributed by atoms with Crippen LogP contribution in [0, 0.1) is 5.92 Å². The SMILES string of the molecule is CCCOCCC(CBr)Cc1ccc(OC)cc1. The normalized spacial score (nSPS) is 12.4. The lowest BCUT2D eigenvalue weighted by atomic mass is 9.98. The summed E-state index contributed by atoms with van der Waals surface area (Å²) in [4.78, 5) is 0. The van der Waals surface area contributed by atoms with Gasteiger partial charge in [0.05, 0.1) is 7.11 Å². The van der Waals surface area contributed by atoms with E-state index in [-0.39, 0.29) is 0 Å². The van der Waals surface area contributed by atoms with Crippen LogP contribution in [0.25, 0.3) is 0 Å². The van der Waals surface area contributed by atoms with Crippen molar-refractivity contribution >= 4 is 15.9 Å². The molecular formula is C15H23BrO2. The molecule has 3 heteroatoms. The maximum Gasteiger partial charge on any atom is 0.118 e. The lowest BCUT2D eigenvalue weighted by molar-refractivity contribution is 0.123. The summed E-state index contributed by atoms with van der Waals surface area (Å²) >= 11 is 3.59. The van der Waals surface area contributed by atoms with Gasteiger partial charge in [-0.2, -0.15) is 0 Å². The Kier molecular flexibility index (Phi) is 8.10. The number of rotatable bonds is 9. The molecule has 0 bridgehead atoms. The van der Waals surface area contributed by atoms with Crippen LogP contribution < -0.4 is 4.74 Å². The van der Waals surface area contributed by atoms with Gasteiger partial charge in [-0.15, -0.1) is 0 Å². The standard InChI is InChI=1S/C15H23BrO2/c1-3-9-18-10-8-14(12-16)11-13-4-6-15(17-2)7-5-13/h4-7,14H,3,8-12H2,1-2H3. The van der Waals surface area contributed by atoms with Crippen molar-refractivity contribution in [1.82, 2.24) is 0 Å². The molecule has 18 heavy (non-hydrogen) atoms. The fraction of sp³-hybridized carbons (Fsp3) is 0.600. The Labute approximate surface area is 119 Å². The molecule has 1 rings (SSSR count). The van der Waals surface area contributed by atoms with Gasteiger partial charge in [-0.05, 0) is 42.9 Å². The largest absolute Gasteiger partial charge is 0.497 e. The van der Waals surface area contributed by atoms with Crippen molar-refractivity contribution in [2.45, 2.75) is 26.2 Å². The third-order valence-corrected chi connectivity index (χ3v) is 3.84. The first-order valence-electron chi connectivity index (χ1n) is 6.56. The fourth-order valence-electron chi connectivity index (χ4n) is 1.83. The molecule has 0 spiro atoms. The Balaban J connectivity index is 2.36. The van der Waals surface area contributed by atoms with Crippen molar-refractivity contribution in [2.75, 3.05) is 25.7 Å². The number of halogens is 1. The van der Waals surface area contributed by atoms with E-state index in [0.29, 0.717) is 5.92 Å². The van der Waals surface area contributed by atoms with Gasteiger partial charge in [0.1, 0.15) is 5.75 Å². The first-order valence-corrected chi connectivity index (χ1v) is 7.69. The summed E-state index contributed by atoms with van der Waals surface area (Å²) in [5, 5.41) is 1.02. The third-order valence-electron chi connectivity index (χ3n) is 2.92. The van der Waals surface area contributed by atoms with Crippen molar-refractivity contribution in [3.8, 4) is 5.75 Å². The summed E-state index contributed by atoms with van der Waals surface area (Å²) in [6, 6.07) is 8.32. The Bertz CT molecular complexity index is 311. The number of hydrogen-bond donors (Lipinski definition) is 0. The lowest BCUT2D eigenvalue weighted by Crippen LogP contribution is -2.10. The van der Waals surface area contributed by atoms with Gasteiger partial charge < -0.3 is 9.47 Å². The molecule has 1 unspecified atom stereocenters. The highest BCUT2D eigenvalue weighted by Crippen LogP contribution is 2.18. The summed E-state index contributed by atoms with van der Waals surface area (Å²) in [6.07, 6.45) is 3.29. The molecule has 0 aromatic heterocycles. The maximum absolute atomic E-state index is 5.55. The summed E-state index contributed by atoms with van der Waals surface area (Å²) < 4.78 is 10.7. The Morgan fingerprint density at radius 3 is 2.44 bits per heavy atom. The van der Waals surface area contributed by atoms with Crippen LogP contribution in [0.2, 0.25) is 0 Å². The van der Waals surface area contributed by atoms with E-state index in [9.17, 15) is 0 Å². The van der Waals surface area contributed by atoms with E-state index >= 15 is 0 Å². The predicted octanol–water partition coefficient (Wildman–Crippen LogP) is 4.07. The highest BCUT2D eigenvalue weighted by molar-refractivity contribution is 9.09. The molecular weight excluding hydrogens is 292 g/mol. The Hall–Kier alpha value is -0.540. The lowest BCUT2D eigenvalue weighted by Gasteiger charge is -2.14. The number of ether oxygens (including phenoxy) is 2. The maximum atomic E-state index is 5.55. The molecule has 0 saturated carbocycles. The molecule has 1 aromatic carbocycles. The minimum absolute atomic E-state index is 0.634. The van der Waals surface area contributed by atoms with Gasteiger partial charge in [-0.3, -0.25) is 0 Å². The summed E-state index contributed by atoms with van der Waals surface area (Å²) in [5.41, 5.74) is 1.36. The predicted molar refractivity (Wildman–Crippen MR) is 79.7 cm³/mol. The number of alkyl halides is 1. The van der Waals surface area contributed by atoms with Crippen LogP contribution in [0.15, 0.2) is 24.3 Å². The average molecular weight is 315 g/mol. The van der Waals surface area contributed by atoms with Gasteiger partial charge in [0.2, 0.25) is 0 Å². The second-order valence-corrected chi connectivity index (χ2v) is 5.12. The van der Waals surface area contributed by atoms with Gasteiger partial charge in [0.15, 0.2) is 0 Å². The quantitative estimate of drug-likeness (QED) is 0.505. The average Bonchev–Trinajstić information content (AvgIpc) is 2.43. The highest BCUT2D eigenvalue weighted by atomic mass is 79.9. The second-order valence-electron chi connectivity index (χ2n) is 4.47. The molecule has 1 aromatic rings. The molecule has 0 radical (unpaired) electrons. The molecule has 0 aliphatic carbocycles. The van der Waals surface area contributed by atoms with Crippen LogP contribution in [0.3, 0.4) is 0 Å². The molecule has 0 heterocycles. The van der Waals surface area contributed by atoms with Gasteiger partial charge in [0.25, 0.3) is 0 Å². The second kappa shape index (κ2) is 9.40. The molecule has 0 amide bonds. The third kappa shape index (κ3) is 5.87. The molecule has 102 valence electrons. The van der Waals surface area contributed by atoms with E-state index in [4.69, 9.17) is 9.47 Å². The van der Waals surface area contributed by atoms with Crippen LogP contribution >= 0.6 is 15.9 Å². The number of hydrogen-bond acceptors (Lipinski definition) is 2. The van der Waals surface area contributed by atoms with E-state index in [1.807, 2.05) is 12.1 Å². The van der Waals surface area contributed by atoms with Gasteiger partial charge in [0, 0.05) is 18.5 Å². The van der Waals surface area contributed by atoms with Crippen molar-refractivity contribution in [2.24, 2.45) is 5.92 Å². The number of methoxy groups -OCH3 is 1. The van der Waals surface area contributed by atoms with Gasteiger partial charge in [-0.25, -0.2) is 0 Å². The summed E-state index contributed by atoms with van der Waals surface area (Å²) in [5.74, 6) is 1.55. The minimum Gasteiger partial charge on any atom is -0.497 e. The molecule has 0 fully saturated rings. The van der Waals surface area contributed by atoms with E-state index < -0.39 is 0 Å². The van der Waals surface area contributed by atoms with Crippen LogP contribution in [-0.4, -0.2) is 25.7 Å². The molecule has 2 nitrogen and oxygen atoms in total. The van der Waals surface area contributed by atoms with Crippen molar-refractivity contribution in [3.63, 3.8) is 0 Å². The van der Waals surface area contributed by atoms with Gasteiger partial charge >= 0.3 is 0 Å². The zero-order valence-electron chi connectivity index (χ0n) is 11.3. The highest BCUT2D eigenvalue weighted by Gasteiger charge is 2.08. The zero-order valence-corrected chi connectivity index (χ0v) is 12.9. The molecule has 1 atom stereocenters. The number of benzene rings is 1. The van der Waals surface area contributed by atoms with E-state index in [1.165, 1.54) is 5.56 Å². The van der Waals surface area contributed by atoms with Gasteiger partial charge in [-0.1, -0.05) is 35.0 Å². The van der Waals surface area contributed by atoms with Crippen LogP contribution in [0.5, 0.6) is 5.75 Å². The Morgan fingerprint density at radius 2 is 1.89 bits per heavy atom. The topological polar surface area (TPSA) is 18.5 Å². The smallest absolute Gasteiger partial charge is 0.118 e. The fourth-order valence-corrected chi connectivity index (χ4v) is 2.38. The molecule has 0 aliphatic rings. The van der Waals surface area contributed by atoms with Crippen LogP contribution in [0.1, 0.15) is 25.3 Å². The van der Waals surface area contributed by atoms with Crippen molar-refractivity contribution in [3.05, 3.63) is 29.8 Å². The van der Waals surface area contributed by atoms with Crippen LogP contribution in [0.4, 0.5) is 0 Å². The first kappa shape index (κ1) is 15.5. The molecule has 0 aliphatic heterocycles. The monoisotopic (exact) mass is 314 g/mol. The zero-order chi connectivity index (χ0) is 13.2. The summed E-state index contributed by atoms with van der Waals surface area (Å²) in [7, 11) is 1.70. The molecule has 0 N–H and O–H groups in total. The molecule has 0 saturated heterocycles. The van der Waals surface area contributed by atoms with Crippen molar-refractivity contribution < 1.29 is 9.47 Å². The van der Waals surface area contributed by atoms with E-state index in [1.54, 1.807) is 7.11 Å². The Morgan fingerprint density at radius 1 is 1.17 bits per heavy atom. The minimum atomic E-state index is 0.634. The first-order chi connectivity index (χ1) is 8.80. The van der Waals surface area contributed by atoms with E-state index in [2.05, 4.69) is 35.0 Å². The van der Waals surface area contributed by atoms with E-state index in [0.717, 1.165) is 43.6 Å².